The number of rotatable bonds is 4. The molecule has 0 saturated carbocycles. The molecule has 4 aromatic heterocycles. The van der Waals surface area contributed by atoms with E-state index in [2.05, 4.69) is 190 Å². The van der Waals surface area contributed by atoms with Gasteiger partial charge in [-0.3, -0.25) is 0 Å². The normalized spacial score (nSPS) is 17.2. The number of aromatic nitrogens is 4. The standard InChI is InChI=1S/C51H34N4O/c1-29(31-14-5-3-6-15-31)33-26-42-43-28-37(30(2)32-16-7-4-8-17-32)46-36-19-10-12-21-39(36)53-41-23-13-22-40-47(41)51(55(43)50(46)53)48-44(56-45(27-33)54(42)51)25-24-35-34-18-9-11-20-38(34)52(40)49(35)48/h3-30H,1-2H3/q+2. The van der Waals surface area contributed by atoms with Crippen LogP contribution in [-0.2, 0) is 5.66 Å². The van der Waals surface area contributed by atoms with E-state index in [-0.39, 0.29) is 11.8 Å². The molecule has 5 heteroatoms. The molecule has 4 aliphatic heterocycles. The molecule has 0 saturated heterocycles. The second-order valence-electron chi connectivity index (χ2n) is 16.1. The highest BCUT2D eigenvalue weighted by Crippen LogP contribution is 2.58. The number of para-hydroxylation sites is 2. The average Bonchev–Trinajstić information content (AvgIpc) is 3.88. The number of benzene rings is 6. The highest BCUT2D eigenvalue weighted by Gasteiger charge is 2.71. The Balaban J connectivity index is 1.24. The van der Waals surface area contributed by atoms with Crippen LogP contribution >= 0.6 is 0 Å². The first-order valence-electron chi connectivity index (χ1n) is 19.8. The lowest BCUT2D eigenvalue weighted by molar-refractivity contribution is -0.932. The predicted octanol–water partition coefficient (Wildman–Crippen LogP) is 10.8. The van der Waals surface area contributed by atoms with Gasteiger partial charge in [0.05, 0.1) is 28.2 Å². The Morgan fingerprint density at radius 2 is 1.16 bits per heavy atom. The van der Waals surface area contributed by atoms with Crippen LogP contribution in [0.25, 0.3) is 66.5 Å². The summed E-state index contributed by atoms with van der Waals surface area (Å²) < 4.78 is 17.6. The molecule has 6 aromatic carbocycles. The second-order valence-corrected chi connectivity index (χ2v) is 16.1. The van der Waals surface area contributed by atoms with Crippen LogP contribution in [0.2, 0.25) is 0 Å². The molecule has 4 aliphatic rings. The first-order chi connectivity index (χ1) is 27.6. The smallest absolute Gasteiger partial charge is 0.378 e. The minimum atomic E-state index is -0.727. The van der Waals surface area contributed by atoms with Crippen molar-refractivity contribution in [1.82, 2.24) is 9.13 Å². The van der Waals surface area contributed by atoms with Crippen LogP contribution in [0.5, 0.6) is 11.6 Å². The molecule has 0 N–H and O–H groups in total. The molecule has 14 rings (SSSR count). The van der Waals surface area contributed by atoms with Gasteiger partial charge in [0.1, 0.15) is 16.6 Å². The number of ether oxygens (including phenoxy) is 1. The molecule has 262 valence electrons. The van der Waals surface area contributed by atoms with E-state index in [1.165, 1.54) is 99.9 Å². The summed E-state index contributed by atoms with van der Waals surface area (Å²) in [5, 5.41) is 5.09. The number of fused-ring (bicyclic) bond motifs is 9. The summed E-state index contributed by atoms with van der Waals surface area (Å²) in [7, 11) is 0. The van der Waals surface area contributed by atoms with E-state index in [1.54, 1.807) is 0 Å². The minimum absolute atomic E-state index is 0.152. The van der Waals surface area contributed by atoms with Crippen LogP contribution in [0.4, 0.5) is 0 Å². The van der Waals surface area contributed by atoms with E-state index in [0.717, 1.165) is 11.6 Å². The Labute approximate surface area is 322 Å². The second kappa shape index (κ2) is 9.81. The quantitative estimate of drug-likeness (QED) is 0.166. The maximum atomic E-state index is 7.26. The molecule has 0 amide bonds. The van der Waals surface area contributed by atoms with Gasteiger partial charge >= 0.3 is 17.2 Å². The zero-order valence-corrected chi connectivity index (χ0v) is 30.9. The Hall–Kier alpha value is -6.98. The van der Waals surface area contributed by atoms with Crippen molar-refractivity contribution in [3.63, 3.8) is 0 Å². The van der Waals surface area contributed by atoms with E-state index in [1.807, 2.05) is 0 Å². The van der Waals surface area contributed by atoms with Gasteiger partial charge in [-0.05, 0) is 70.8 Å². The third-order valence-electron chi connectivity index (χ3n) is 13.6. The highest BCUT2D eigenvalue weighted by atomic mass is 16.5. The molecule has 8 heterocycles. The number of pyridine rings is 2. The lowest BCUT2D eigenvalue weighted by Gasteiger charge is -2.37. The predicted molar refractivity (Wildman–Crippen MR) is 221 cm³/mol. The van der Waals surface area contributed by atoms with E-state index < -0.39 is 5.66 Å². The molecular formula is C51H34N4O+2. The van der Waals surface area contributed by atoms with Gasteiger partial charge in [0.2, 0.25) is 5.69 Å². The zero-order valence-electron chi connectivity index (χ0n) is 30.9. The number of nitrogens with zero attached hydrogens (tertiary/aromatic N) is 4. The molecule has 0 radical (unpaired) electrons. The summed E-state index contributed by atoms with van der Waals surface area (Å²) >= 11 is 0. The molecule has 3 unspecified atom stereocenters. The maximum Gasteiger partial charge on any atom is 0.378 e. The summed E-state index contributed by atoms with van der Waals surface area (Å²) in [4.78, 5) is 0. The van der Waals surface area contributed by atoms with Gasteiger partial charge in [0, 0.05) is 34.1 Å². The average molecular weight is 719 g/mol. The molecule has 5 nitrogen and oxygen atoms in total. The zero-order chi connectivity index (χ0) is 36.6. The van der Waals surface area contributed by atoms with Crippen molar-refractivity contribution in [1.29, 1.82) is 0 Å². The molecular weight excluding hydrogens is 685 g/mol. The highest BCUT2D eigenvalue weighted by molar-refractivity contribution is 6.14. The van der Waals surface area contributed by atoms with Gasteiger partial charge in [0.15, 0.2) is 11.4 Å². The molecule has 56 heavy (non-hydrogen) atoms. The first kappa shape index (κ1) is 29.4. The molecule has 0 fully saturated rings. The SMILES string of the molecule is CC(c1ccccc1)c1cc2[n+]3c(c1)-c1cc(C(C)c4ccccc4)c4c5ccccc5n5c4[n+]1C31c3c(cccc3-5)-n3c4ccccc4c4ccc(c1c43)O2. The Kier molecular flexibility index (Phi) is 5.15. The largest absolute Gasteiger partial charge is 0.404 e. The molecule has 0 bridgehead atoms. The fraction of sp³-hybridized carbons (Fsp3) is 0.0980. The monoisotopic (exact) mass is 718 g/mol. The van der Waals surface area contributed by atoms with Gasteiger partial charge in [0.25, 0.3) is 5.69 Å². The van der Waals surface area contributed by atoms with Crippen LogP contribution in [0, 0.1) is 0 Å². The minimum Gasteiger partial charge on any atom is -0.404 e. The Morgan fingerprint density at radius 1 is 0.518 bits per heavy atom. The first-order valence-corrected chi connectivity index (χ1v) is 19.8. The topological polar surface area (TPSA) is 26.8 Å². The van der Waals surface area contributed by atoms with Crippen molar-refractivity contribution in [3.8, 4) is 34.4 Å². The summed E-state index contributed by atoms with van der Waals surface area (Å²) in [6.07, 6.45) is 0. The van der Waals surface area contributed by atoms with Crippen molar-refractivity contribution >= 4 is 43.7 Å². The summed E-state index contributed by atoms with van der Waals surface area (Å²) in [5.74, 6) is 2.10. The lowest BCUT2D eigenvalue weighted by atomic mass is 9.81. The summed E-state index contributed by atoms with van der Waals surface area (Å²) in [5.41, 5.74) is 16.6. The molecule has 0 aliphatic carbocycles. The maximum absolute atomic E-state index is 7.26. The van der Waals surface area contributed by atoms with Crippen molar-refractivity contribution in [2.45, 2.75) is 31.3 Å². The van der Waals surface area contributed by atoms with Gasteiger partial charge in [-0.1, -0.05) is 111 Å². The van der Waals surface area contributed by atoms with Gasteiger partial charge in [-0.25, -0.2) is 0 Å². The Morgan fingerprint density at radius 3 is 1.93 bits per heavy atom. The lowest BCUT2D eigenvalue weighted by Crippen LogP contribution is -2.74. The van der Waals surface area contributed by atoms with E-state index in [4.69, 9.17) is 4.74 Å². The van der Waals surface area contributed by atoms with Crippen molar-refractivity contribution in [2.75, 3.05) is 0 Å². The van der Waals surface area contributed by atoms with Crippen LogP contribution in [-0.4, -0.2) is 9.13 Å². The van der Waals surface area contributed by atoms with Gasteiger partial charge in [-0.2, -0.15) is 4.57 Å². The van der Waals surface area contributed by atoms with Gasteiger partial charge in [-0.15, -0.1) is 9.13 Å². The fourth-order valence-corrected chi connectivity index (χ4v) is 11.3. The van der Waals surface area contributed by atoms with Crippen LogP contribution in [0.15, 0.2) is 158 Å². The van der Waals surface area contributed by atoms with Gasteiger partial charge < -0.3 is 9.30 Å². The van der Waals surface area contributed by atoms with E-state index >= 15 is 0 Å². The van der Waals surface area contributed by atoms with Crippen LogP contribution in [0.3, 0.4) is 0 Å². The third kappa shape index (κ3) is 3.14. The van der Waals surface area contributed by atoms with E-state index in [0.29, 0.717) is 0 Å². The van der Waals surface area contributed by atoms with Crippen molar-refractivity contribution in [3.05, 3.63) is 191 Å². The molecule has 1 spiro atoms. The fourth-order valence-electron chi connectivity index (χ4n) is 11.3. The number of hydrogen-bond donors (Lipinski definition) is 0. The third-order valence-corrected chi connectivity index (χ3v) is 13.6. The summed E-state index contributed by atoms with van der Waals surface area (Å²) in [6, 6.07) is 58.6. The van der Waals surface area contributed by atoms with Crippen molar-refractivity contribution in [2.24, 2.45) is 0 Å². The number of hydrogen-bond acceptors (Lipinski definition) is 1. The Bertz CT molecular complexity index is 3430. The van der Waals surface area contributed by atoms with Crippen LogP contribution in [0.1, 0.15) is 59.1 Å². The van der Waals surface area contributed by atoms with E-state index in [9.17, 15) is 0 Å². The summed E-state index contributed by atoms with van der Waals surface area (Å²) in [6.45, 7) is 4.70. The molecule has 3 atom stereocenters. The van der Waals surface area contributed by atoms with Crippen LogP contribution < -0.4 is 13.9 Å². The molecule has 10 aromatic rings. The van der Waals surface area contributed by atoms with Crippen molar-refractivity contribution < 1.29 is 13.9 Å².